The van der Waals surface area contributed by atoms with E-state index in [9.17, 15) is 0 Å². The number of nitrogens with two attached hydrogens (primary N) is 1. The minimum atomic E-state index is 0.601. The highest BCUT2D eigenvalue weighted by molar-refractivity contribution is 5.78. The molecule has 0 spiro atoms. The van der Waals surface area contributed by atoms with Gasteiger partial charge in [0.2, 0.25) is 5.95 Å². The molecule has 8 nitrogen and oxygen atoms in total. The Bertz CT molecular complexity index is 898. The monoisotopic (exact) mass is 376 g/mol. The third kappa shape index (κ3) is 4.28. The van der Waals surface area contributed by atoms with Crippen LogP contribution in [-0.2, 0) is 6.42 Å². The lowest BCUT2D eigenvalue weighted by Gasteiger charge is -2.35. The second-order valence-corrected chi connectivity index (χ2v) is 6.64. The molecule has 3 heterocycles. The van der Waals surface area contributed by atoms with Crippen LogP contribution in [0.5, 0.6) is 0 Å². The number of guanidine groups is 1. The van der Waals surface area contributed by atoms with Crippen LogP contribution in [0.1, 0.15) is 5.56 Å². The fourth-order valence-corrected chi connectivity index (χ4v) is 3.20. The molecule has 0 unspecified atom stereocenters. The zero-order valence-corrected chi connectivity index (χ0v) is 15.7. The van der Waals surface area contributed by atoms with Crippen molar-refractivity contribution < 1.29 is 0 Å². The molecule has 1 saturated heterocycles. The molecular formula is C20H24N8. The highest BCUT2D eigenvalue weighted by atomic mass is 15.4. The number of aliphatic imine (C=N–C) groups is 1. The number of hydrogen-bond acceptors (Lipinski definition) is 5. The van der Waals surface area contributed by atoms with Crippen LogP contribution in [0.4, 0.5) is 5.95 Å². The summed E-state index contributed by atoms with van der Waals surface area (Å²) in [6.07, 6.45) is 8.28. The van der Waals surface area contributed by atoms with Gasteiger partial charge in [-0.25, -0.2) is 14.6 Å². The number of anilines is 1. The summed E-state index contributed by atoms with van der Waals surface area (Å²) in [7, 11) is 0. The van der Waals surface area contributed by atoms with Gasteiger partial charge in [0.15, 0.2) is 5.96 Å². The highest BCUT2D eigenvalue weighted by Gasteiger charge is 2.19. The Kier molecular flexibility index (Phi) is 5.46. The average Bonchev–Trinajstić information content (AvgIpc) is 3.24. The van der Waals surface area contributed by atoms with Gasteiger partial charge in [-0.05, 0) is 30.2 Å². The molecule has 4 rings (SSSR count). The third-order valence-corrected chi connectivity index (χ3v) is 4.77. The zero-order chi connectivity index (χ0) is 19.2. The van der Waals surface area contributed by atoms with Gasteiger partial charge in [0.25, 0.3) is 0 Å². The van der Waals surface area contributed by atoms with E-state index in [1.165, 1.54) is 0 Å². The number of hydrogen-bond donors (Lipinski definition) is 1. The van der Waals surface area contributed by atoms with Crippen molar-refractivity contribution in [2.45, 2.75) is 6.42 Å². The Morgan fingerprint density at radius 2 is 1.75 bits per heavy atom. The van der Waals surface area contributed by atoms with Crippen molar-refractivity contribution in [3.05, 3.63) is 66.7 Å². The second kappa shape index (κ2) is 8.51. The zero-order valence-electron chi connectivity index (χ0n) is 15.7. The first-order chi connectivity index (χ1) is 13.8. The molecule has 0 aliphatic carbocycles. The molecule has 8 heteroatoms. The predicted molar refractivity (Wildman–Crippen MR) is 110 cm³/mol. The van der Waals surface area contributed by atoms with E-state index in [-0.39, 0.29) is 0 Å². The Morgan fingerprint density at radius 3 is 2.50 bits per heavy atom. The van der Waals surface area contributed by atoms with Gasteiger partial charge in [-0.2, -0.15) is 5.10 Å². The van der Waals surface area contributed by atoms with Crippen molar-refractivity contribution in [3.8, 4) is 5.69 Å². The first kappa shape index (κ1) is 18.0. The van der Waals surface area contributed by atoms with Crippen LogP contribution in [0, 0.1) is 0 Å². The van der Waals surface area contributed by atoms with Crippen LogP contribution in [0.25, 0.3) is 5.69 Å². The van der Waals surface area contributed by atoms with Crippen LogP contribution in [-0.4, -0.2) is 63.3 Å². The Balaban J connectivity index is 1.27. The van der Waals surface area contributed by atoms with Crippen LogP contribution in [0.3, 0.4) is 0 Å². The lowest BCUT2D eigenvalue weighted by molar-refractivity contribution is 0.378. The summed E-state index contributed by atoms with van der Waals surface area (Å²) in [5, 5.41) is 4.42. The van der Waals surface area contributed by atoms with Crippen LogP contribution in [0.2, 0.25) is 0 Å². The van der Waals surface area contributed by atoms with Gasteiger partial charge >= 0.3 is 0 Å². The van der Waals surface area contributed by atoms with Gasteiger partial charge in [-0.1, -0.05) is 18.2 Å². The second-order valence-electron chi connectivity index (χ2n) is 6.64. The van der Waals surface area contributed by atoms with Crippen molar-refractivity contribution in [3.63, 3.8) is 0 Å². The number of benzene rings is 1. The van der Waals surface area contributed by atoms with Crippen molar-refractivity contribution >= 4 is 11.9 Å². The Labute approximate surface area is 164 Å². The summed E-state index contributed by atoms with van der Waals surface area (Å²) in [5.74, 6) is 1.37. The van der Waals surface area contributed by atoms with Gasteiger partial charge in [0, 0.05) is 51.3 Å². The van der Waals surface area contributed by atoms with Gasteiger partial charge in [-0.3, -0.25) is 4.99 Å². The normalized spacial score (nSPS) is 15.1. The van der Waals surface area contributed by atoms with Crippen LogP contribution >= 0.6 is 0 Å². The van der Waals surface area contributed by atoms with E-state index in [1.54, 1.807) is 12.4 Å². The van der Waals surface area contributed by atoms with Gasteiger partial charge in [-0.15, -0.1) is 0 Å². The Hall–Kier alpha value is -3.42. The molecule has 0 bridgehead atoms. The molecule has 2 N–H and O–H groups in total. The molecule has 1 aliphatic heterocycles. The summed E-state index contributed by atoms with van der Waals surface area (Å²) in [6, 6.07) is 11.9. The van der Waals surface area contributed by atoms with E-state index < -0.39 is 0 Å². The lowest BCUT2D eigenvalue weighted by atomic mass is 10.2. The molecule has 2 aromatic heterocycles. The molecule has 1 aromatic carbocycles. The van der Waals surface area contributed by atoms with E-state index in [4.69, 9.17) is 5.73 Å². The lowest BCUT2D eigenvalue weighted by Crippen LogP contribution is -2.51. The number of aromatic nitrogens is 4. The molecule has 0 amide bonds. The van der Waals surface area contributed by atoms with E-state index in [0.717, 1.165) is 49.8 Å². The molecule has 28 heavy (non-hydrogen) atoms. The largest absolute Gasteiger partial charge is 0.370 e. The molecule has 1 fully saturated rings. The molecule has 0 saturated carbocycles. The first-order valence-corrected chi connectivity index (χ1v) is 9.45. The number of piperazine rings is 1. The SMILES string of the molecule is NC(=NCCc1cnn(-c2ccccc2)c1)N1CCN(c2ncccn2)CC1. The quantitative estimate of drug-likeness (QED) is 0.534. The predicted octanol–water partition coefficient (Wildman–Crippen LogP) is 1.34. The smallest absolute Gasteiger partial charge is 0.225 e. The Morgan fingerprint density at radius 1 is 1.00 bits per heavy atom. The third-order valence-electron chi connectivity index (χ3n) is 4.77. The standard InChI is InChI=1S/C20H24N8/c21-19(26-11-13-27(14-12-26)20-23-8-4-9-24-20)22-10-7-17-15-25-28(16-17)18-5-2-1-3-6-18/h1-6,8-9,15-16H,7,10-14H2,(H2,21,22). The molecule has 144 valence electrons. The maximum Gasteiger partial charge on any atom is 0.225 e. The van der Waals surface area contributed by atoms with Crippen LogP contribution < -0.4 is 10.6 Å². The van der Waals surface area contributed by atoms with Crippen LogP contribution in [0.15, 0.2) is 66.2 Å². The van der Waals surface area contributed by atoms with Gasteiger partial charge in [0.1, 0.15) is 0 Å². The minimum absolute atomic E-state index is 0.601. The maximum absolute atomic E-state index is 6.20. The maximum atomic E-state index is 6.20. The van der Waals surface area contributed by atoms with Gasteiger partial charge < -0.3 is 15.5 Å². The van der Waals surface area contributed by atoms with Gasteiger partial charge in [0.05, 0.1) is 11.9 Å². The summed E-state index contributed by atoms with van der Waals surface area (Å²) in [4.78, 5) is 17.5. The fourth-order valence-electron chi connectivity index (χ4n) is 3.20. The van der Waals surface area contributed by atoms with E-state index in [0.29, 0.717) is 12.5 Å². The summed E-state index contributed by atoms with van der Waals surface area (Å²) < 4.78 is 1.88. The highest BCUT2D eigenvalue weighted by Crippen LogP contribution is 2.10. The summed E-state index contributed by atoms with van der Waals surface area (Å²) in [5.41, 5.74) is 8.40. The topological polar surface area (TPSA) is 88.5 Å². The van der Waals surface area contributed by atoms with Crippen molar-refractivity contribution in [1.29, 1.82) is 0 Å². The average molecular weight is 376 g/mol. The minimum Gasteiger partial charge on any atom is -0.370 e. The summed E-state index contributed by atoms with van der Waals surface area (Å²) in [6.45, 7) is 3.96. The number of rotatable bonds is 5. The van der Waals surface area contributed by atoms with E-state index in [1.807, 2.05) is 53.5 Å². The van der Waals surface area contributed by atoms with E-state index >= 15 is 0 Å². The van der Waals surface area contributed by atoms with Crippen molar-refractivity contribution in [2.75, 3.05) is 37.6 Å². The summed E-state index contributed by atoms with van der Waals surface area (Å²) >= 11 is 0. The molecule has 1 aliphatic rings. The number of para-hydroxylation sites is 1. The van der Waals surface area contributed by atoms with E-state index in [2.05, 4.69) is 29.9 Å². The van der Waals surface area contributed by atoms with Crippen molar-refractivity contribution in [1.82, 2.24) is 24.6 Å². The molecular weight excluding hydrogens is 352 g/mol. The molecule has 3 aromatic rings. The first-order valence-electron chi connectivity index (χ1n) is 9.45. The molecule has 0 atom stereocenters. The number of nitrogens with zero attached hydrogens (tertiary/aromatic N) is 7. The molecule has 0 radical (unpaired) electrons. The van der Waals surface area contributed by atoms with Crippen molar-refractivity contribution in [2.24, 2.45) is 10.7 Å². The fraction of sp³-hybridized carbons (Fsp3) is 0.300.